The fourth-order valence-electron chi connectivity index (χ4n) is 3.44. The molecule has 1 aromatic rings. The summed E-state index contributed by atoms with van der Waals surface area (Å²) in [7, 11) is -3.29. The summed E-state index contributed by atoms with van der Waals surface area (Å²) in [6.45, 7) is 4.18. The van der Waals surface area contributed by atoms with E-state index in [-0.39, 0.29) is 6.04 Å². The van der Waals surface area contributed by atoms with Crippen LogP contribution in [-0.4, -0.2) is 49.8 Å². The molecule has 0 radical (unpaired) electrons. The van der Waals surface area contributed by atoms with Crippen molar-refractivity contribution in [2.45, 2.75) is 44.7 Å². The summed E-state index contributed by atoms with van der Waals surface area (Å²) in [4.78, 5) is 2.40. The highest BCUT2D eigenvalue weighted by Gasteiger charge is 2.28. The molecule has 0 unspecified atom stereocenters. The second-order valence-corrected chi connectivity index (χ2v) is 8.32. The molecule has 1 aromatic carbocycles. The van der Waals surface area contributed by atoms with E-state index in [9.17, 15) is 8.42 Å². The molecular weight excluding hydrogens is 310 g/mol. The van der Waals surface area contributed by atoms with Crippen LogP contribution >= 0.6 is 0 Å². The monoisotopic (exact) mass is 337 g/mol. The molecule has 3 rings (SSSR count). The van der Waals surface area contributed by atoms with E-state index in [1.165, 1.54) is 5.56 Å². The van der Waals surface area contributed by atoms with Crippen molar-refractivity contribution in [3.8, 4) is 0 Å². The highest BCUT2D eigenvalue weighted by molar-refractivity contribution is 7.87. The Labute approximate surface area is 139 Å². The van der Waals surface area contributed by atoms with Gasteiger partial charge in [-0.2, -0.15) is 17.4 Å². The Morgan fingerprint density at radius 1 is 0.957 bits per heavy atom. The Hall–Kier alpha value is -0.950. The van der Waals surface area contributed by atoms with Gasteiger partial charge < -0.3 is 0 Å². The molecule has 2 heterocycles. The highest BCUT2D eigenvalue weighted by Crippen LogP contribution is 2.17. The number of piperidine rings is 2. The van der Waals surface area contributed by atoms with Gasteiger partial charge in [0.1, 0.15) is 0 Å². The summed E-state index contributed by atoms with van der Waals surface area (Å²) in [5.41, 5.74) is 1.32. The van der Waals surface area contributed by atoms with Crippen LogP contribution in [0, 0.1) is 0 Å². The van der Waals surface area contributed by atoms with Crippen molar-refractivity contribution in [2.75, 3.05) is 26.2 Å². The average Bonchev–Trinajstić information content (AvgIpc) is 2.58. The summed E-state index contributed by atoms with van der Waals surface area (Å²) < 4.78 is 29.4. The van der Waals surface area contributed by atoms with E-state index in [0.29, 0.717) is 13.1 Å². The number of nitrogens with one attached hydrogen (secondary N) is 1. The maximum Gasteiger partial charge on any atom is 0.279 e. The number of hydrogen-bond acceptors (Lipinski definition) is 3. The third-order valence-electron chi connectivity index (χ3n) is 4.81. The molecule has 0 bridgehead atoms. The molecule has 5 nitrogen and oxygen atoms in total. The maximum absolute atomic E-state index is 12.4. The molecule has 0 amide bonds. The van der Waals surface area contributed by atoms with Crippen LogP contribution in [0.5, 0.6) is 0 Å². The summed E-state index contributed by atoms with van der Waals surface area (Å²) >= 11 is 0. The van der Waals surface area contributed by atoms with Crippen LogP contribution < -0.4 is 4.72 Å². The van der Waals surface area contributed by atoms with Gasteiger partial charge in [-0.15, -0.1) is 0 Å². The molecular formula is C17H27N3O2S. The van der Waals surface area contributed by atoms with Crippen LogP contribution in [0.3, 0.4) is 0 Å². The van der Waals surface area contributed by atoms with E-state index < -0.39 is 10.2 Å². The largest absolute Gasteiger partial charge is 0.299 e. The lowest BCUT2D eigenvalue weighted by Gasteiger charge is -2.34. The van der Waals surface area contributed by atoms with Crippen LogP contribution in [-0.2, 0) is 16.8 Å². The zero-order chi connectivity index (χ0) is 16.1. The SMILES string of the molecule is O=S(=O)(NC1CCN(Cc2ccccc2)CC1)N1CCCCC1. The second kappa shape index (κ2) is 7.75. The standard InChI is InChI=1S/C17H27N3O2S/c21-23(22,20-11-5-2-6-12-20)18-17-9-13-19(14-10-17)15-16-7-3-1-4-8-16/h1,3-4,7-8,17-18H,2,5-6,9-15H2. The minimum absolute atomic E-state index is 0.0777. The number of likely N-dealkylation sites (tertiary alicyclic amines) is 1. The molecule has 0 aromatic heterocycles. The Morgan fingerprint density at radius 2 is 1.61 bits per heavy atom. The van der Waals surface area contributed by atoms with E-state index in [1.54, 1.807) is 4.31 Å². The molecule has 6 heteroatoms. The van der Waals surface area contributed by atoms with Crippen molar-refractivity contribution in [1.82, 2.24) is 13.9 Å². The molecule has 2 fully saturated rings. The van der Waals surface area contributed by atoms with Gasteiger partial charge in [0.2, 0.25) is 0 Å². The van der Waals surface area contributed by atoms with Gasteiger partial charge in [-0.25, -0.2) is 0 Å². The normalized spacial score (nSPS) is 22.3. The van der Waals surface area contributed by atoms with Crippen LogP contribution in [0.2, 0.25) is 0 Å². The minimum Gasteiger partial charge on any atom is -0.299 e. The first-order chi connectivity index (χ1) is 11.1. The highest BCUT2D eigenvalue weighted by atomic mass is 32.2. The fraction of sp³-hybridized carbons (Fsp3) is 0.647. The maximum atomic E-state index is 12.4. The van der Waals surface area contributed by atoms with E-state index in [4.69, 9.17) is 0 Å². The summed E-state index contributed by atoms with van der Waals surface area (Å²) in [6.07, 6.45) is 4.89. The molecule has 0 aliphatic carbocycles. The van der Waals surface area contributed by atoms with Gasteiger partial charge >= 0.3 is 0 Å². The zero-order valence-electron chi connectivity index (χ0n) is 13.7. The van der Waals surface area contributed by atoms with Crippen molar-refractivity contribution in [3.05, 3.63) is 35.9 Å². The topological polar surface area (TPSA) is 52.7 Å². The molecule has 2 aliphatic heterocycles. The molecule has 1 N–H and O–H groups in total. The van der Waals surface area contributed by atoms with Crippen molar-refractivity contribution in [2.24, 2.45) is 0 Å². The molecule has 2 saturated heterocycles. The van der Waals surface area contributed by atoms with Crippen LogP contribution in [0.4, 0.5) is 0 Å². The van der Waals surface area contributed by atoms with E-state index >= 15 is 0 Å². The van der Waals surface area contributed by atoms with Gasteiger partial charge in [0, 0.05) is 38.8 Å². The molecule has 23 heavy (non-hydrogen) atoms. The quantitative estimate of drug-likeness (QED) is 0.894. The van der Waals surface area contributed by atoms with Gasteiger partial charge in [-0.05, 0) is 31.2 Å². The van der Waals surface area contributed by atoms with Gasteiger partial charge in [-0.3, -0.25) is 4.90 Å². The van der Waals surface area contributed by atoms with Crippen molar-refractivity contribution in [1.29, 1.82) is 0 Å². The van der Waals surface area contributed by atoms with Crippen molar-refractivity contribution in [3.63, 3.8) is 0 Å². The summed E-state index contributed by atoms with van der Waals surface area (Å²) in [5, 5.41) is 0. The van der Waals surface area contributed by atoms with E-state index in [0.717, 1.165) is 51.7 Å². The predicted octanol–water partition coefficient (Wildman–Crippen LogP) is 1.97. The zero-order valence-corrected chi connectivity index (χ0v) is 14.5. The third-order valence-corrected chi connectivity index (χ3v) is 6.48. The molecule has 128 valence electrons. The lowest BCUT2D eigenvalue weighted by atomic mass is 10.1. The van der Waals surface area contributed by atoms with Gasteiger partial charge in [0.25, 0.3) is 10.2 Å². The smallest absolute Gasteiger partial charge is 0.279 e. The van der Waals surface area contributed by atoms with Crippen molar-refractivity contribution < 1.29 is 8.42 Å². The van der Waals surface area contributed by atoms with Gasteiger partial charge in [0.15, 0.2) is 0 Å². The molecule has 0 atom stereocenters. The second-order valence-electron chi connectivity index (χ2n) is 6.62. The first-order valence-electron chi connectivity index (χ1n) is 8.67. The number of hydrogen-bond donors (Lipinski definition) is 1. The first kappa shape index (κ1) is 16.9. The van der Waals surface area contributed by atoms with Crippen LogP contribution in [0.15, 0.2) is 30.3 Å². The number of benzene rings is 1. The number of nitrogens with zero attached hydrogens (tertiary/aromatic N) is 2. The summed E-state index contributed by atoms with van der Waals surface area (Å²) in [6, 6.07) is 10.5. The van der Waals surface area contributed by atoms with Gasteiger partial charge in [-0.1, -0.05) is 36.8 Å². The Morgan fingerprint density at radius 3 is 2.26 bits per heavy atom. The van der Waals surface area contributed by atoms with E-state index in [1.807, 2.05) is 6.07 Å². The lowest BCUT2D eigenvalue weighted by Crippen LogP contribution is -2.50. The minimum atomic E-state index is -3.29. The van der Waals surface area contributed by atoms with Crippen molar-refractivity contribution >= 4 is 10.2 Å². The molecule has 2 aliphatic rings. The lowest BCUT2D eigenvalue weighted by molar-refractivity contribution is 0.198. The number of rotatable bonds is 5. The first-order valence-corrected chi connectivity index (χ1v) is 10.1. The Kier molecular flexibility index (Phi) is 5.69. The Balaban J connectivity index is 1.47. The van der Waals surface area contributed by atoms with Gasteiger partial charge in [0.05, 0.1) is 0 Å². The predicted molar refractivity (Wildman–Crippen MR) is 92.2 cm³/mol. The fourth-order valence-corrected chi connectivity index (χ4v) is 4.99. The van der Waals surface area contributed by atoms with Crippen LogP contribution in [0.1, 0.15) is 37.7 Å². The van der Waals surface area contributed by atoms with E-state index in [2.05, 4.69) is 33.9 Å². The summed E-state index contributed by atoms with van der Waals surface area (Å²) in [5.74, 6) is 0. The Bertz CT molecular complexity index is 577. The van der Waals surface area contributed by atoms with Crippen LogP contribution in [0.25, 0.3) is 0 Å². The average molecular weight is 337 g/mol. The molecule has 0 spiro atoms. The third kappa shape index (κ3) is 4.76. The molecule has 0 saturated carbocycles.